The van der Waals surface area contributed by atoms with Gasteiger partial charge in [-0.1, -0.05) is 0 Å². The second-order valence-corrected chi connectivity index (χ2v) is 14.9. The first-order chi connectivity index (χ1) is 1.73. The van der Waals surface area contributed by atoms with Crippen LogP contribution in [-0.4, -0.2) is 56.2 Å². The third-order valence-electron chi connectivity index (χ3n) is 0. The molecule has 11 heavy (non-hydrogen) atoms. The Bertz CT molecular complexity index is 18.4. The first kappa shape index (κ1) is 82.3. The maximum absolute atomic E-state index is 5.02. The third-order valence-corrected chi connectivity index (χ3v) is 0. The van der Waals surface area contributed by atoms with Crippen LogP contribution in [0.1, 0.15) is 0 Å². The van der Waals surface area contributed by atoms with Crippen LogP contribution >= 0.6 is 25.7 Å². The van der Waals surface area contributed by atoms with Crippen molar-refractivity contribution in [3.63, 3.8) is 0 Å². The molecule has 80 valence electrons. The molecule has 0 rings (SSSR count). The molecule has 0 fully saturated rings. The van der Waals surface area contributed by atoms with E-state index in [4.69, 9.17) is 25.7 Å². The molecule has 0 bridgehead atoms. The summed E-state index contributed by atoms with van der Waals surface area (Å²) in [6, 6.07) is 0. The van der Waals surface area contributed by atoms with E-state index in [2.05, 4.69) is 0 Å². The van der Waals surface area contributed by atoms with Crippen molar-refractivity contribution in [1.82, 2.24) is 0 Å². The molecule has 0 saturated carbocycles. The molecule has 0 amide bonds. The Morgan fingerprint density at radius 1 is 0.455 bits per heavy atom. The van der Waals surface area contributed by atoms with Gasteiger partial charge in [-0.25, -0.2) is 0 Å². The third kappa shape index (κ3) is 481. The van der Waals surface area contributed by atoms with Crippen molar-refractivity contribution in [1.29, 1.82) is 0 Å². The van der Waals surface area contributed by atoms with Crippen LogP contribution in [0, 0.1) is 0 Å². The van der Waals surface area contributed by atoms with Crippen molar-refractivity contribution >= 4 is 43.6 Å². The second-order valence-electron chi connectivity index (χ2n) is 0.247. The number of rotatable bonds is 0. The van der Waals surface area contributed by atoms with E-state index in [0.29, 0.717) is 0 Å². The van der Waals surface area contributed by atoms with Crippen molar-refractivity contribution in [2.75, 3.05) is 0 Å². The molecule has 0 aliphatic heterocycles. The van der Waals surface area contributed by atoms with E-state index >= 15 is 0 Å². The first-order valence-corrected chi connectivity index (χ1v) is 13.2. The molecule has 0 heterocycles. The van der Waals surface area contributed by atoms with E-state index in [1.54, 1.807) is 0 Å². The predicted molar refractivity (Wildman–Crippen MR) is 48.6 cm³/mol. The van der Waals surface area contributed by atoms with E-state index in [-0.39, 0.29) is 38.3 Å². The molecule has 0 aromatic carbocycles. The van der Waals surface area contributed by atoms with Crippen molar-refractivity contribution in [3.05, 3.63) is 0 Å². The fourth-order valence-electron chi connectivity index (χ4n) is 0. The zero-order valence-electron chi connectivity index (χ0n) is 5.21. The van der Waals surface area contributed by atoms with Gasteiger partial charge in [-0.2, -0.15) is 0 Å². The molecule has 11 heteroatoms. The molecule has 0 aliphatic rings. The topological polar surface area (TPSA) is 220 Å². The average molecular weight is 347 g/mol. The molecule has 14 N–H and O–H groups in total. The van der Waals surface area contributed by atoms with Gasteiger partial charge in [0, 0.05) is 0 Å². The van der Waals surface area contributed by atoms with Crippen molar-refractivity contribution in [2.24, 2.45) is 0 Å². The zero-order valence-corrected chi connectivity index (χ0v) is 10.8. The van der Waals surface area contributed by atoms with Crippen LogP contribution < -0.4 is 0 Å². The van der Waals surface area contributed by atoms with Gasteiger partial charge in [0.15, 0.2) is 0 Å². The number of hydrogen-bond donors (Lipinski definition) is 0. The molecule has 0 aliphatic carbocycles. The normalized spacial score (nSPS) is 2.45. The number of halogens is 3. The molecule has 0 spiro atoms. The van der Waals surface area contributed by atoms with Gasteiger partial charge >= 0.3 is 43.6 Å². The van der Waals surface area contributed by atoms with Gasteiger partial charge in [-0.15, -0.1) is 0 Å². The van der Waals surface area contributed by atoms with Gasteiger partial charge in [-0.3, -0.25) is 0 Å². The minimum atomic E-state index is -2.22. The number of hydrogen-bond acceptors (Lipinski definition) is 0. The summed E-state index contributed by atoms with van der Waals surface area (Å²) < 4.78 is 0. The van der Waals surface area contributed by atoms with Crippen LogP contribution in [0.4, 0.5) is 0 Å². The van der Waals surface area contributed by atoms with Gasteiger partial charge in [0.25, 0.3) is 0 Å². The summed E-state index contributed by atoms with van der Waals surface area (Å²) in [5.74, 6) is 0. The molecule has 0 atom stereocenters. The van der Waals surface area contributed by atoms with Crippen LogP contribution in [0.25, 0.3) is 0 Å². The summed E-state index contributed by atoms with van der Waals surface area (Å²) in [6.07, 6.45) is 0. The van der Waals surface area contributed by atoms with Crippen molar-refractivity contribution in [3.8, 4) is 0 Å². The quantitative estimate of drug-likeness (QED) is 0.408. The van der Waals surface area contributed by atoms with Gasteiger partial charge < -0.3 is 38.3 Å². The maximum atomic E-state index is 5.02. The Morgan fingerprint density at radius 2 is 0.455 bits per heavy atom. The first-order valence-electron chi connectivity index (χ1n) is 0.655. The summed E-state index contributed by atoms with van der Waals surface area (Å²) in [6.45, 7) is 0. The van der Waals surface area contributed by atoms with Crippen molar-refractivity contribution < 1.29 is 38.3 Å². The Kier molecular flexibility index (Phi) is 471. The SMILES string of the molecule is O.O.O.O.O.O.O.[Cl][In]([Cl])[Cl]. The average Bonchev–Trinajstić information content (AvgIpc) is 0.811. The summed E-state index contributed by atoms with van der Waals surface area (Å²) >= 11 is -2.22. The van der Waals surface area contributed by atoms with Crippen LogP contribution in [0.5, 0.6) is 0 Å². The van der Waals surface area contributed by atoms with Crippen LogP contribution in [-0.2, 0) is 0 Å². The molecule has 7 nitrogen and oxygen atoms in total. The van der Waals surface area contributed by atoms with E-state index in [0.717, 1.165) is 0 Å². The summed E-state index contributed by atoms with van der Waals surface area (Å²) in [5.41, 5.74) is 0. The summed E-state index contributed by atoms with van der Waals surface area (Å²) in [5, 5.41) is 0. The monoisotopic (exact) mass is 346 g/mol. The van der Waals surface area contributed by atoms with Gasteiger partial charge in [-0.05, 0) is 0 Å². The summed E-state index contributed by atoms with van der Waals surface area (Å²) in [7, 11) is 15.0. The molecular weight excluding hydrogens is 333 g/mol. The van der Waals surface area contributed by atoms with E-state index in [1.165, 1.54) is 0 Å². The Hall–Kier alpha value is 1.46. The van der Waals surface area contributed by atoms with Gasteiger partial charge in [0.1, 0.15) is 0 Å². The summed E-state index contributed by atoms with van der Waals surface area (Å²) in [4.78, 5) is 0. The molecule has 0 saturated heterocycles. The second kappa shape index (κ2) is 63.0. The Morgan fingerprint density at radius 3 is 0.455 bits per heavy atom. The van der Waals surface area contributed by atoms with Crippen LogP contribution in [0.15, 0.2) is 0 Å². The molecular formula is H14Cl3InO7. The molecule has 0 aromatic heterocycles. The van der Waals surface area contributed by atoms with Crippen LogP contribution in [0.3, 0.4) is 0 Å². The molecule has 0 aromatic rings. The van der Waals surface area contributed by atoms with Crippen LogP contribution in [0.2, 0.25) is 0 Å². The minimum absolute atomic E-state index is 0. The van der Waals surface area contributed by atoms with Crippen molar-refractivity contribution in [2.45, 2.75) is 0 Å². The Labute approximate surface area is 81.7 Å². The Balaban J connectivity index is -0.00000000214. The van der Waals surface area contributed by atoms with Gasteiger partial charge in [0.2, 0.25) is 0 Å². The fourth-order valence-corrected chi connectivity index (χ4v) is 0. The van der Waals surface area contributed by atoms with E-state index < -0.39 is 17.9 Å². The van der Waals surface area contributed by atoms with E-state index in [1.807, 2.05) is 0 Å². The molecule has 0 unspecified atom stereocenters. The zero-order chi connectivity index (χ0) is 3.58. The standard InChI is InChI=1S/3ClH.In.7H2O/h3*1H;;7*1H2/q;;;+3;;;;;;;/p-3. The van der Waals surface area contributed by atoms with Gasteiger partial charge in [0.05, 0.1) is 0 Å². The predicted octanol–water partition coefficient (Wildman–Crippen LogP) is -4.09. The molecule has 0 radical (unpaired) electrons. The fraction of sp³-hybridized carbons (Fsp3) is 0. The van der Waals surface area contributed by atoms with E-state index in [9.17, 15) is 0 Å².